The lowest BCUT2D eigenvalue weighted by Crippen LogP contribution is -2.40. The highest BCUT2D eigenvalue weighted by molar-refractivity contribution is 5.83. The first-order chi connectivity index (χ1) is 8.24. The molecule has 0 bridgehead atoms. The van der Waals surface area contributed by atoms with Crippen LogP contribution in [0, 0.1) is 0 Å². The summed E-state index contributed by atoms with van der Waals surface area (Å²) in [5, 5.41) is 0. The van der Waals surface area contributed by atoms with E-state index in [1.54, 1.807) is 6.08 Å². The van der Waals surface area contributed by atoms with E-state index in [0.29, 0.717) is 12.6 Å². The molecule has 0 heterocycles. The summed E-state index contributed by atoms with van der Waals surface area (Å²) in [5.74, 6) is -0.00130. The largest absolute Gasteiger partial charge is 0.334 e. The summed E-state index contributed by atoms with van der Waals surface area (Å²) in [4.78, 5) is 14.1. The summed E-state index contributed by atoms with van der Waals surface area (Å²) < 4.78 is 0. The average molecular weight is 230 g/mol. The maximum atomic E-state index is 12.3. The number of hydrogen-bond donors (Lipinski definition) is 1. The summed E-state index contributed by atoms with van der Waals surface area (Å²) in [5.41, 5.74) is 6.88. The Bertz CT molecular complexity index is 398. The van der Waals surface area contributed by atoms with E-state index >= 15 is 0 Å². The van der Waals surface area contributed by atoms with Gasteiger partial charge in [-0.25, -0.2) is 0 Å². The lowest BCUT2D eigenvalue weighted by molar-refractivity contribution is -0.132. The lowest BCUT2D eigenvalue weighted by Gasteiger charge is -2.24. The van der Waals surface area contributed by atoms with Crippen LogP contribution in [-0.4, -0.2) is 23.4 Å². The summed E-state index contributed by atoms with van der Waals surface area (Å²) in [6.45, 7) is 4.28. The maximum Gasteiger partial charge on any atom is 0.244 e. The van der Waals surface area contributed by atoms with Crippen molar-refractivity contribution >= 4 is 5.91 Å². The van der Waals surface area contributed by atoms with Gasteiger partial charge in [-0.15, -0.1) is 6.58 Å². The van der Waals surface area contributed by atoms with Crippen LogP contribution in [0.2, 0.25) is 0 Å². The van der Waals surface area contributed by atoms with E-state index in [0.717, 1.165) is 18.4 Å². The number of carbonyl (C=O) groups is 1. The molecule has 17 heavy (non-hydrogen) atoms. The van der Waals surface area contributed by atoms with E-state index in [-0.39, 0.29) is 5.91 Å². The van der Waals surface area contributed by atoms with E-state index in [9.17, 15) is 4.79 Å². The molecule has 0 saturated heterocycles. The van der Waals surface area contributed by atoms with Crippen LogP contribution in [0.3, 0.4) is 0 Å². The molecule has 0 aliphatic heterocycles. The van der Waals surface area contributed by atoms with Crippen LogP contribution in [-0.2, 0) is 4.79 Å². The van der Waals surface area contributed by atoms with Gasteiger partial charge in [0.15, 0.2) is 0 Å². The van der Waals surface area contributed by atoms with Gasteiger partial charge in [-0.05, 0) is 18.4 Å². The van der Waals surface area contributed by atoms with Gasteiger partial charge >= 0.3 is 0 Å². The predicted molar refractivity (Wildman–Crippen MR) is 68.3 cm³/mol. The third-order valence-corrected chi connectivity index (χ3v) is 3.02. The number of rotatable bonds is 5. The normalized spacial score (nSPS) is 16.3. The second kappa shape index (κ2) is 5.15. The Morgan fingerprint density at radius 3 is 2.65 bits per heavy atom. The molecule has 2 N–H and O–H groups in total. The predicted octanol–water partition coefficient (Wildman–Crippen LogP) is 1.86. The monoisotopic (exact) mass is 230 g/mol. The second-order valence-electron chi connectivity index (χ2n) is 4.40. The lowest BCUT2D eigenvalue weighted by atomic mass is 10.1. The standard InChI is InChI=1S/C14H18N2O/c1-2-10-16(12-8-9-12)14(17)13(15)11-6-4-3-5-7-11/h2-7,12-13H,1,8-10,15H2. The Morgan fingerprint density at radius 2 is 2.12 bits per heavy atom. The maximum absolute atomic E-state index is 12.3. The molecule has 90 valence electrons. The minimum Gasteiger partial charge on any atom is -0.334 e. The van der Waals surface area contributed by atoms with Gasteiger partial charge in [0.1, 0.15) is 6.04 Å². The Hall–Kier alpha value is -1.61. The molecule has 0 aromatic heterocycles. The first-order valence-electron chi connectivity index (χ1n) is 5.96. The van der Waals surface area contributed by atoms with Crippen molar-refractivity contribution in [2.75, 3.05) is 6.54 Å². The fraction of sp³-hybridized carbons (Fsp3) is 0.357. The Labute approximate surface area is 102 Å². The Morgan fingerprint density at radius 1 is 1.47 bits per heavy atom. The van der Waals surface area contributed by atoms with Gasteiger partial charge < -0.3 is 10.6 Å². The molecule has 1 aromatic carbocycles. The molecule has 2 rings (SSSR count). The van der Waals surface area contributed by atoms with Crippen LogP contribution >= 0.6 is 0 Å². The molecule has 0 radical (unpaired) electrons. The second-order valence-corrected chi connectivity index (χ2v) is 4.40. The van der Waals surface area contributed by atoms with Crippen LogP contribution in [0.1, 0.15) is 24.4 Å². The zero-order chi connectivity index (χ0) is 12.3. The minimum atomic E-state index is -0.559. The fourth-order valence-corrected chi connectivity index (χ4v) is 1.93. The molecular weight excluding hydrogens is 212 g/mol. The zero-order valence-corrected chi connectivity index (χ0v) is 9.88. The first kappa shape index (κ1) is 11.9. The van der Waals surface area contributed by atoms with Gasteiger partial charge in [0.25, 0.3) is 0 Å². The molecule has 1 atom stereocenters. The van der Waals surface area contributed by atoms with Crippen LogP contribution in [0.4, 0.5) is 0 Å². The smallest absolute Gasteiger partial charge is 0.244 e. The number of hydrogen-bond acceptors (Lipinski definition) is 2. The molecule has 1 aliphatic carbocycles. The van der Waals surface area contributed by atoms with Gasteiger partial charge in [-0.1, -0.05) is 36.4 Å². The highest BCUT2D eigenvalue weighted by atomic mass is 16.2. The summed E-state index contributed by atoms with van der Waals surface area (Å²) >= 11 is 0. The molecule has 1 aromatic rings. The van der Waals surface area contributed by atoms with Crippen molar-refractivity contribution in [1.82, 2.24) is 4.90 Å². The van der Waals surface area contributed by atoms with Gasteiger partial charge in [-0.2, -0.15) is 0 Å². The fourth-order valence-electron chi connectivity index (χ4n) is 1.93. The van der Waals surface area contributed by atoms with Gasteiger partial charge in [-0.3, -0.25) is 4.79 Å². The molecule has 1 saturated carbocycles. The molecule has 1 unspecified atom stereocenters. The molecule has 1 fully saturated rings. The average Bonchev–Trinajstić information content (AvgIpc) is 3.19. The minimum absolute atomic E-state index is 0.00130. The molecular formula is C14H18N2O. The molecule has 1 amide bonds. The summed E-state index contributed by atoms with van der Waals surface area (Å²) in [6.07, 6.45) is 3.93. The van der Waals surface area contributed by atoms with Gasteiger partial charge in [0.05, 0.1) is 0 Å². The number of carbonyl (C=O) groups excluding carboxylic acids is 1. The van der Waals surface area contributed by atoms with Crippen molar-refractivity contribution in [1.29, 1.82) is 0 Å². The first-order valence-corrected chi connectivity index (χ1v) is 5.96. The van der Waals surface area contributed by atoms with Crippen molar-refractivity contribution in [3.8, 4) is 0 Å². The van der Waals surface area contributed by atoms with Crippen LogP contribution < -0.4 is 5.73 Å². The van der Waals surface area contributed by atoms with E-state index < -0.39 is 6.04 Å². The summed E-state index contributed by atoms with van der Waals surface area (Å²) in [6, 6.07) is 9.31. The topological polar surface area (TPSA) is 46.3 Å². The van der Waals surface area contributed by atoms with Gasteiger partial charge in [0, 0.05) is 12.6 Å². The highest BCUT2D eigenvalue weighted by Gasteiger charge is 2.34. The Kier molecular flexibility index (Phi) is 3.59. The SMILES string of the molecule is C=CCN(C(=O)C(N)c1ccccc1)C1CC1. The van der Waals surface area contributed by atoms with Crippen molar-refractivity contribution < 1.29 is 4.79 Å². The van der Waals surface area contributed by atoms with Crippen LogP contribution in [0.15, 0.2) is 43.0 Å². The molecule has 3 heteroatoms. The van der Waals surface area contributed by atoms with E-state index in [1.165, 1.54) is 0 Å². The zero-order valence-electron chi connectivity index (χ0n) is 9.88. The van der Waals surface area contributed by atoms with E-state index in [4.69, 9.17) is 5.73 Å². The van der Waals surface area contributed by atoms with Gasteiger partial charge in [0.2, 0.25) is 5.91 Å². The van der Waals surface area contributed by atoms with E-state index in [2.05, 4.69) is 6.58 Å². The van der Waals surface area contributed by atoms with Crippen LogP contribution in [0.5, 0.6) is 0 Å². The third-order valence-electron chi connectivity index (χ3n) is 3.02. The molecule has 1 aliphatic rings. The number of nitrogens with two attached hydrogens (primary N) is 1. The number of nitrogens with zero attached hydrogens (tertiary/aromatic N) is 1. The van der Waals surface area contributed by atoms with E-state index in [1.807, 2.05) is 35.2 Å². The highest BCUT2D eigenvalue weighted by Crippen LogP contribution is 2.28. The van der Waals surface area contributed by atoms with Crippen molar-refractivity contribution in [2.24, 2.45) is 5.73 Å². The molecule has 3 nitrogen and oxygen atoms in total. The Balaban J connectivity index is 2.10. The van der Waals surface area contributed by atoms with Crippen molar-refractivity contribution in [3.05, 3.63) is 48.6 Å². The number of benzene rings is 1. The molecule has 0 spiro atoms. The van der Waals surface area contributed by atoms with Crippen LogP contribution in [0.25, 0.3) is 0 Å². The quantitative estimate of drug-likeness (QED) is 0.785. The third kappa shape index (κ3) is 2.74. The van der Waals surface area contributed by atoms with Crippen molar-refractivity contribution in [3.63, 3.8) is 0 Å². The summed E-state index contributed by atoms with van der Waals surface area (Å²) in [7, 11) is 0. The number of amides is 1. The van der Waals surface area contributed by atoms with Crippen molar-refractivity contribution in [2.45, 2.75) is 24.9 Å².